The van der Waals surface area contributed by atoms with Gasteiger partial charge in [-0.2, -0.15) is 4.99 Å². The molecule has 2 aromatic rings. The van der Waals surface area contributed by atoms with Gasteiger partial charge in [0.15, 0.2) is 5.49 Å². The van der Waals surface area contributed by atoms with Gasteiger partial charge in [-0.15, -0.1) is 0 Å². The third-order valence-corrected chi connectivity index (χ3v) is 4.78. The number of aryl methyl sites for hydroxylation is 1. The minimum absolute atomic E-state index is 0.0500. The van der Waals surface area contributed by atoms with Crippen molar-refractivity contribution in [2.24, 2.45) is 18.0 Å². The number of amides is 1. The Morgan fingerprint density at radius 3 is 2.56 bits per heavy atom. The summed E-state index contributed by atoms with van der Waals surface area (Å²) < 4.78 is 17.7. The number of aromatic nitrogens is 2. The van der Waals surface area contributed by atoms with Crippen LogP contribution in [0, 0.1) is 18.7 Å². The normalized spacial score (nSPS) is 15.7. The molecule has 0 N–H and O–H groups in total. The van der Waals surface area contributed by atoms with E-state index >= 15 is 0 Å². The van der Waals surface area contributed by atoms with Gasteiger partial charge in [-0.3, -0.25) is 14.2 Å². The number of carbonyl (C=O) groups excluding carboxylic acids is 1. The summed E-state index contributed by atoms with van der Waals surface area (Å²) in [5, 5.41) is 0. The molecule has 4 nitrogen and oxygen atoms in total. The minimum Gasteiger partial charge on any atom is -0.291 e. The van der Waals surface area contributed by atoms with Crippen molar-refractivity contribution in [3.8, 4) is 0 Å². The van der Waals surface area contributed by atoms with Crippen molar-refractivity contribution in [1.82, 2.24) is 9.36 Å². The second kappa shape index (κ2) is 6.28. The highest BCUT2D eigenvalue weighted by atomic mass is 19.1. The lowest BCUT2D eigenvalue weighted by Gasteiger charge is -2.20. The maximum atomic E-state index is 13.5. The number of hydrogen-bond acceptors (Lipinski definition) is 1. The Balaban J connectivity index is 2.09. The van der Waals surface area contributed by atoms with Gasteiger partial charge in [0.2, 0.25) is 0 Å². The monoisotopic (exact) mass is 343 g/mol. The molecule has 0 spiro atoms. The molecule has 25 heavy (non-hydrogen) atoms. The number of nitrogens with zero attached hydrogens (tertiary/aromatic N) is 3. The van der Waals surface area contributed by atoms with E-state index in [2.05, 4.69) is 35.1 Å². The Morgan fingerprint density at radius 1 is 1.28 bits per heavy atom. The Morgan fingerprint density at radius 2 is 1.96 bits per heavy atom. The third kappa shape index (κ3) is 3.75. The van der Waals surface area contributed by atoms with E-state index in [1.807, 2.05) is 13.1 Å². The second-order valence-corrected chi connectivity index (χ2v) is 8.06. The average Bonchev–Trinajstić information content (AvgIpc) is 3.28. The van der Waals surface area contributed by atoms with Crippen molar-refractivity contribution in [1.29, 1.82) is 0 Å². The lowest BCUT2D eigenvalue weighted by Crippen LogP contribution is -2.26. The van der Waals surface area contributed by atoms with Gasteiger partial charge in [0, 0.05) is 36.3 Å². The first-order valence-electron chi connectivity index (χ1n) is 8.79. The van der Waals surface area contributed by atoms with Gasteiger partial charge in [-0.1, -0.05) is 26.8 Å². The van der Waals surface area contributed by atoms with Gasteiger partial charge in [-0.25, -0.2) is 4.39 Å². The van der Waals surface area contributed by atoms with Crippen LogP contribution in [-0.2, 0) is 19.0 Å². The third-order valence-electron chi connectivity index (χ3n) is 4.78. The number of hydrogen-bond donors (Lipinski definition) is 0. The van der Waals surface area contributed by atoms with Crippen molar-refractivity contribution in [2.45, 2.75) is 52.5 Å². The van der Waals surface area contributed by atoms with Crippen LogP contribution in [0.2, 0.25) is 0 Å². The van der Waals surface area contributed by atoms with Crippen LogP contribution in [0.3, 0.4) is 0 Å². The molecule has 5 heteroatoms. The van der Waals surface area contributed by atoms with Crippen molar-refractivity contribution >= 4 is 5.91 Å². The van der Waals surface area contributed by atoms with Crippen molar-refractivity contribution in [3.05, 3.63) is 52.4 Å². The van der Waals surface area contributed by atoms with Crippen LogP contribution < -0.4 is 5.49 Å². The maximum absolute atomic E-state index is 13.5. The summed E-state index contributed by atoms with van der Waals surface area (Å²) in [5.41, 5.74) is 2.77. The van der Waals surface area contributed by atoms with E-state index in [4.69, 9.17) is 0 Å². The van der Waals surface area contributed by atoms with Crippen molar-refractivity contribution in [2.75, 3.05) is 0 Å². The molecule has 1 aromatic heterocycles. The maximum Gasteiger partial charge on any atom is 0.279 e. The van der Waals surface area contributed by atoms with E-state index in [1.54, 1.807) is 13.0 Å². The molecule has 1 aliphatic rings. The molecule has 1 heterocycles. The highest BCUT2D eigenvalue weighted by molar-refractivity contribution is 5.96. The van der Waals surface area contributed by atoms with E-state index in [0.717, 1.165) is 17.8 Å². The molecule has 0 aliphatic heterocycles. The standard InChI is InChI=1S/C20H26FN3O/c1-13-6-9-15(21)10-16(13)19(25)22-18-11-17(20(2,3)4)23(5)24(18)12-14-7-8-14/h6,9-11,14H,7-8,12H2,1-5H3. The fraction of sp³-hybridized carbons (Fsp3) is 0.500. The van der Waals surface area contributed by atoms with Gasteiger partial charge in [0.25, 0.3) is 5.91 Å². The zero-order valence-electron chi connectivity index (χ0n) is 15.6. The molecule has 1 aliphatic carbocycles. The summed E-state index contributed by atoms with van der Waals surface area (Å²) in [6.07, 6.45) is 2.44. The average molecular weight is 343 g/mol. The van der Waals surface area contributed by atoms with Crippen LogP contribution in [0.5, 0.6) is 0 Å². The van der Waals surface area contributed by atoms with Crippen LogP contribution in [0.1, 0.15) is 55.2 Å². The topological polar surface area (TPSA) is 39.3 Å². The molecule has 0 radical (unpaired) electrons. The number of benzene rings is 1. The van der Waals surface area contributed by atoms with E-state index < -0.39 is 11.7 Å². The molecule has 0 bridgehead atoms. The summed E-state index contributed by atoms with van der Waals surface area (Å²) in [4.78, 5) is 17.0. The quantitative estimate of drug-likeness (QED) is 0.837. The Bertz CT molecular complexity index is 879. The SMILES string of the molecule is Cc1ccc(F)cc1C(=O)N=c1cc(C(C)(C)C)n(C)n1CC1CC1. The lowest BCUT2D eigenvalue weighted by molar-refractivity contribution is 0.0995. The molecule has 0 saturated heterocycles. The van der Waals surface area contributed by atoms with Crippen LogP contribution in [-0.4, -0.2) is 15.3 Å². The van der Waals surface area contributed by atoms with Gasteiger partial charge >= 0.3 is 0 Å². The summed E-state index contributed by atoms with van der Waals surface area (Å²) >= 11 is 0. The van der Waals surface area contributed by atoms with Gasteiger partial charge in [0.05, 0.1) is 0 Å². The van der Waals surface area contributed by atoms with E-state index in [-0.39, 0.29) is 5.41 Å². The van der Waals surface area contributed by atoms with Gasteiger partial charge in [0.1, 0.15) is 5.82 Å². The van der Waals surface area contributed by atoms with Gasteiger partial charge in [-0.05, 0) is 43.4 Å². The van der Waals surface area contributed by atoms with Crippen LogP contribution >= 0.6 is 0 Å². The van der Waals surface area contributed by atoms with Crippen LogP contribution in [0.4, 0.5) is 4.39 Å². The second-order valence-electron chi connectivity index (χ2n) is 8.06. The van der Waals surface area contributed by atoms with Crippen molar-refractivity contribution < 1.29 is 9.18 Å². The van der Waals surface area contributed by atoms with Crippen LogP contribution in [0.15, 0.2) is 29.3 Å². The Hall–Kier alpha value is -2.17. The first-order chi connectivity index (χ1) is 11.7. The smallest absolute Gasteiger partial charge is 0.279 e. The zero-order chi connectivity index (χ0) is 18.4. The zero-order valence-corrected chi connectivity index (χ0v) is 15.6. The fourth-order valence-corrected chi connectivity index (χ4v) is 3.12. The summed E-state index contributed by atoms with van der Waals surface area (Å²) in [6, 6.07) is 6.22. The molecule has 1 aromatic carbocycles. The molecule has 134 valence electrons. The van der Waals surface area contributed by atoms with Crippen molar-refractivity contribution in [3.63, 3.8) is 0 Å². The molecule has 1 saturated carbocycles. The van der Waals surface area contributed by atoms with E-state index in [1.165, 1.54) is 25.0 Å². The molecular formula is C20H26FN3O. The summed E-state index contributed by atoms with van der Waals surface area (Å²) in [7, 11) is 2.01. The predicted octanol–water partition coefficient (Wildman–Crippen LogP) is 3.72. The van der Waals surface area contributed by atoms with Crippen LogP contribution in [0.25, 0.3) is 0 Å². The first-order valence-corrected chi connectivity index (χ1v) is 8.79. The summed E-state index contributed by atoms with van der Waals surface area (Å²) in [6.45, 7) is 9.09. The predicted molar refractivity (Wildman–Crippen MR) is 95.9 cm³/mol. The number of carbonyl (C=O) groups is 1. The Labute approximate surface area is 148 Å². The summed E-state index contributed by atoms with van der Waals surface area (Å²) in [5.74, 6) is -0.155. The highest BCUT2D eigenvalue weighted by Crippen LogP contribution is 2.30. The molecule has 0 atom stereocenters. The van der Waals surface area contributed by atoms with E-state index in [9.17, 15) is 9.18 Å². The fourth-order valence-electron chi connectivity index (χ4n) is 3.12. The number of rotatable bonds is 3. The molecule has 1 amide bonds. The largest absolute Gasteiger partial charge is 0.291 e. The lowest BCUT2D eigenvalue weighted by atomic mass is 9.92. The highest BCUT2D eigenvalue weighted by Gasteiger charge is 2.26. The first kappa shape index (κ1) is 17.6. The molecular weight excluding hydrogens is 317 g/mol. The van der Waals surface area contributed by atoms with E-state index in [0.29, 0.717) is 17.0 Å². The van der Waals surface area contributed by atoms with Gasteiger partial charge < -0.3 is 0 Å². The Kier molecular flexibility index (Phi) is 4.43. The molecule has 1 fully saturated rings. The molecule has 0 unspecified atom stereocenters. The minimum atomic E-state index is -0.418. The molecule has 3 rings (SSSR count). The number of halogens is 1.